The molecule has 0 aromatic carbocycles. The van der Waals surface area contributed by atoms with Crippen LogP contribution >= 0.6 is 11.3 Å². The number of thiophene rings is 1. The second kappa shape index (κ2) is 5.87. The molecule has 0 saturated carbocycles. The van der Waals surface area contributed by atoms with Gasteiger partial charge in [0.25, 0.3) is 0 Å². The number of nitrogens with two attached hydrogens (primary N) is 1. The van der Waals surface area contributed by atoms with Gasteiger partial charge in [0, 0.05) is 28.6 Å². The molecule has 7 heteroatoms. The molecule has 0 fully saturated rings. The predicted octanol–water partition coefficient (Wildman–Crippen LogP) is 1.94. The Kier molecular flexibility index (Phi) is 3.94. The Bertz CT molecular complexity index is 623. The smallest absolute Gasteiger partial charge is 0.338 e. The number of urea groups is 1. The predicted molar refractivity (Wildman–Crippen MR) is 79.3 cm³/mol. The number of carbonyl (C=O) groups excluding carboxylic acids is 1. The summed E-state index contributed by atoms with van der Waals surface area (Å²) in [6.07, 6.45) is 7.26. The van der Waals surface area contributed by atoms with E-state index in [-0.39, 0.29) is 5.92 Å². The van der Waals surface area contributed by atoms with E-state index in [0.29, 0.717) is 11.6 Å². The number of carbonyl (C=O) groups is 1. The lowest BCUT2D eigenvalue weighted by molar-refractivity contribution is -0.0515. The van der Waals surface area contributed by atoms with Crippen molar-refractivity contribution < 1.29 is 10.0 Å². The summed E-state index contributed by atoms with van der Waals surface area (Å²) < 4.78 is 0. The fourth-order valence-corrected chi connectivity index (χ4v) is 4.11. The van der Waals surface area contributed by atoms with Crippen LogP contribution in [0.4, 0.5) is 4.79 Å². The second-order valence-electron chi connectivity index (χ2n) is 5.40. The summed E-state index contributed by atoms with van der Waals surface area (Å²) in [6.45, 7) is 0.306. The van der Waals surface area contributed by atoms with Crippen molar-refractivity contribution in [3.05, 3.63) is 39.6 Å². The Balaban J connectivity index is 1.66. The largest absolute Gasteiger partial charge is 0.350 e. The number of hydroxylamine groups is 2. The molecule has 1 aliphatic carbocycles. The van der Waals surface area contributed by atoms with E-state index in [1.165, 1.54) is 15.3 Å². The van der Waals surface area contributed by atoms with Gasteiger partial charge in [-0.15, -0.1) is 11.3 Å². The van der Waals surface area contributed by atoms with Crippen molar-refractivity contribution in [2.75, 3.05) is 6.54 Å². The fraction of sp³-hybridized carbons (Fsp3) is 0.429. The van der Waals surface area contributed by atoms with E-state index < -0.39 is 6.03 Å². The standard InChI is InChI=1S/C14H18N4O2S/c15-14(19)18(20)8-9-1-2-10-6-11(21-12(10)5-9)7-13-16-3-4-17-13/h3-4,6,9,20H,1-2,5,7-8H2,(H2,15,19)(H,16,17). The molecule has 0 saturated heterocycles. The number of aryl methyl sites for hydroxylation is 1. The zero-order valence-electron chi connectivity index (χ0n) is 11.6. The first-order valence-electron chi connectivity index (χ1n) is 6.96. The molecule has 2 amide bonds. The molecule has 3 rings (SSSR count). The lowest BCUT2D eigenvalue weighted by Gasteiger charge is -2.24. The van der Waals surface area contributed by atoms with Crippen molar-refractivity contribution in [1.82, 2.24) is 15.0 Å². The maximum Gasteiger partial charge on any atom is 0.338 e. The third-order valence-corrected chi connectivity index (χ3v) is 5.03. The van der Waals surface area contributed by atoms with Crippen LogP contribution < -0.4 is 5.73 Å². The molecular weight excluding hydrogens is 288 g/mol. The number of H-pyrrole nitrogens is 1. The highest BCUT2D eigenvalue weighted by Gasteiger charge is 2.24. The van der Waals surface area contributed by atoms with Crippen LogP contribution in [0.3, 0.4) is 0 Å². The monoisotopic (exact) mass is 306 g/mol. The Morgan fingerprint density at radius 3 is 3.19 bits per heavy atom. The van der Waals surface area contributed by atoms with Crippen LogP contribution in [-0.4, -0.2) is 32.8 Å². The van der Waals surface area contributed by atoms with Crippen LogP contribution in [0.2, 0.25) is 0 Å². The lowest BCUT2D eigenvalue weighted by Crippen LogP contribution is -2.37. The van der Waals surface area contributed by atoms with Crippen molar-refractivity contribution in [2.45, 2.75) is 25.7 Å². The van der Waals surface area contributed by atoms with E-state index in [2.05, 4.69) is 16.0 Å². The Labute approximate surface area is 126 Å². The van der Waals surface area contributed by atoms with E-state index in [4.69, 9.17) is 5.73 Å². The zero-order chi connectivity index (χ0) is 14.8. The first-order chi connectivity index (χ1) is 10.1. The molecule has 1 aliphatic rings. The number of aromatic amines is 1. The number of nitrogens with zero attached hydrogens (tertiary/aromatic N) is 2. The van der Waals surface area contributed by atoms with Gasteiger partial charge in [0.15, 0.2) is 0 Å². The van der Waals surface area contributed by atoms with Crippen LogP contribution in [-0.2, 0) is 19.3 Å². The summed E-state index contributed by atoms with van der Waals surface area (Å²) in [7, 11) is 0. The number of rotatable bonds is 4. The van der Waals surface area contributed by atoms with E-state index >= 15 is 0 Å². The van der Waals surface area contributed by atoms with Crippen LogP contribution in [0.15, 0.2) is 18.5 Å². The molecule has 6 nitrogen and oxygen atoms in total. The first-order valence-corrected chi connectivity index (χ1v) is 7.78. The summed E-state index contributed by atoms with van der Waals surface area (Å²) in [5.41, 5.74) is 6.45. The van der Waals surface area contributed by atoms with Gasteiger partial charge in [0.1, 0.15) is 5.82 Å². The Hall–Kier alpha value is -1.86. The molecular formula is C14H18N4O2S. The third-order valence-electron chi connectivity index (χ3n) is 3.83. The first kappa shape index (κ1) is 14.1. The van der Waals surface area contributed by atoms with Gasteiger partial charge >= 0.3 is 6.03 Å². The second-order valence-corrected chi connectivity index (χ2v) is 6.62. The molecule has 0 radical (unpaired) electrons. The fourth-order valence-electron chi connectivity index (χ4n) is 2.77. The van der Waals surface area contributed by atoms with Crippen LogP contribution in [0.25, 0.3) is 0 Å². The summed E-state index contributed by atoms with van der Waals surface area (Å²) in [5, 5.41) is 10.1. The molecule has 2 heterocycles. The number of imidazole rings is 1. The van der Waals surface area contributed by atoms with Crippen molar-refractivity contribution in [1.29, 1.82) is 0 Å². The van der Waals surface area contributed by atoms with Crippen molar-refractivity contribution in [3.8, 4) is 0 Å². The molecule has 1 unspecified atom stereocenters. The maximum atomic E-state index is 10.9. The number of hydrogen-bond acceptors (Lipinski definition) is 4. The third kappa shape index (κ3) is 3.25. The van der Waals surface area contributed by atoms with Gasteiger partial charge in [0.05, 0.1) is 6.54 Å². The maximum absolute atomic E-state index is 10.9. The van der Waals surface area contributed by atoms with Gasteiger partial charge in [0.2, 0.25) is 0 Å². The van der Waals surface area contributed by atoms with Crippen molar-refractivity contribution >= 4 is 17.4 Å². The molecule has 2 aromatic rings. The Morgan fingerprint density at radius 1 is 1.62 bits per heavy atom. The van der Waals surface area contributed by atoms with Gasteiger partial charge in [-0.3, -0.25) is 5.21 Å². The van der Waals surface area contributed by atoms with Gasteiger partial charge in [-0.05, 0) is 36.8 Å². The minimum Gasteiger partial charge on any atom is -0.350 e. The molecule has 0 spiro atoms. The van der Waals surface area contributed by atoms with Crippen LogP contribution in [0.5, 0.6) is 0 Å². The van der Waals surface area contributed by atoms with Crippen LogP contribution in [0.1, 0.15) is 27.6 Å². The van der Waals surface area contributed by atoms with Gasteiger partial charge in [-0.1, -0.05) is 0 Å². The molecule has 0 aliphatic heterocycles. The summed E-state index contributed by atoms with van der Waals surface area (Å²) in [6, 6.07) is 1.47. The normalized spacial score (nSPS) is 17.5. The SMILES string of the molecule is NC(=O)N(O)CC1CCc2cc(Cc3ncc[nH]3)sc2C1. The Morgan fingerprint density at radius 2 is 2.48 bits per heavy atom. The van der Waals surface area contributed by atoms with Gasteiger partial charge < -0.3 is 10.7 Å². The summed E-state index contributed by atoms with van der Waals surface area (Å²) >= 11 is 1.80. The number of hydrogen-bond donors (Lipinski definition) is 3. The van der Waals surface area contributed by atoms with Crippen LogP contribution in [0, 0.1) is 5.92 Å². The average Bonchev–Trinajstić information content (AvgIpc) is 3.07. The number of aromatic nitrogens is 2. The topological polar surface area (TPSA) is 95.2 Å². The minimum absolute atomic E-state index is 0.269. The number of nitrogens with one attached hydrogen (secondary N) is 1. The van der Waals surface area contributed by atoms with Gasteiger partial charge in [-0.25, -0.2) is 14.8 Å². The highest BCUT2D eigenvalue weighted by atomic mass is 32.1. The highest BCUT2D eigenvalue weighted by molar-refractivity contribution is 7.12. The summed E-state index contributed by atoms with van der Waals surface area (Å²) in [5.74, 6) is 1.24. The minimum atomic E-state index is -0.787. The summed E-state index contributed by atoms with van der Waals surface area (Å²) in [4.78, 5) is 20.9. The number of amides is 2. The molecule has 21 heavy (non-hydrogen) atoms. The van der Waals surface area contributed by atoms with Crippen molar-refractivity contribution in [2.24, 2.45) is 11.7 Å². The molecule has 2 aromatic heterocycles. The van der Waals surface area contributed by atoms with E-state index in [0.717, 1.165) is 31.5 Å². The highest BCUT2D eigenvalue weighted by Crippen LogP contribution is 2.33. The molecule has 0 bridgehead atoms. The molecule has 4 N–H and O–H groups in total. The number of primary amides is 1. The quantitative estimate of drug-likeness (QED) is 0.595. The molecule has 112 valence electrons. The lowest BCUT2D eigenvalue weighted by atomic mass is 9.89. The van der Waals surface area contributed by atoms with E-state index in [9.17, 15) is 10.0 Å². The van der Waals surface area contributed by atoms with Crippen molar-refractivity contribution in [3.63, 3.8) is 0 Å². The number of fused-ring (bicyclic) bond motifs is 1. The molecule has 1 atom stereocenters. The zero-order valence-corrected chi connectivity index (χ0v) is 12.4. The average molecular weight is 306 g/mol. The van der Waals surface area contributed by atoms with E-state index in [1.54, 1.807) is 17.5 Å². The van der Waals surface area contributed by atoms with E-state index in [1.807, 2.05) is 6.20 Å². The van der Waals surface area contributed by atoms with Gasteiger partial charge in [-0.2, -0.15) is 0 Å².